The maximum absolute atomic E-state index is 12.9. The first kappa shape index (κ1) is 16.9. The molecule has 0 aliphatic carbocycles. The highest BCUT2D eigenvalue weighted by molar-refractivity contribution is 5.83. The van der Waals surface area contributed by atoms with Crippen molar-refractivity contribution in [3.05, 3.63) is 80.9 Å². The molecule has 1 aromatic heterocycles. The summed E-state index contributed by atoms with van der Waals surface area (Å²) >= 11 is 0. The number of pyridine rings is 1. The highest BCUT2D eigenvalue weighted by Gasteiger charge is 2.08. The van der Waals surface area contributed by atoms with E-state index in [0.29, 0.717) is 5.56 Å². The van der Waals surface area contributed by atoms with Gasteiger partial charge in [0.2, 0.25) is 5.91 Å². The molecule has 0 unspecified atom stereocenters. The van der Waals surface area contributed by atoms with E-state index in [9.17, 15) is 14.0 Å². The van der Waals surface area contributed by atoms with Crippen LogP contribution in [0, 0.1) is 19.7 Å². The number of hydrogen-bond acceptors (Lipinski definition) is 2. The molecule has 0 atom stereocenters. The van der Waals surface area contributed by atoms with Crippen LogP contribution in [-0.2, 0) is 17.8 Å². The zero-order valence-corrected chi connectivity index (χ0v) is 14.2. The fourth-order valence-corrected chi connectivity index (χ4v) is 2.91. The van der Waals surface area contributed by atoms with Gasteiger partial charge in [-0.1, -0.05) is 23.8 Å². The number of carbonyl (C=O) groups excluding carboxylic acids is 1. The third-order valence-corrected chi connectivity index (χ3v) is 4.12. The third-order valence-electron chi connectivity index (χ3n) is 4.12. The SMILES string of the molecule is Cc1cc(C)c2[nH]c(=O)c(CNC(=O)Cc3ccc(F)cc3)cc2c1. The van der Waals surface area contributed by atoms with E-state index in [1.165, 1.54) is 12.1 Å². The number of H-pyrrole nitrogens is 1. The highest BCUT2D eigenvalue weighted by Crippen LogP contribution is 2.18. The predicted molar refractivity (Wildman–Crippen MR) is 96.0 cm³/mol. The molecule has 0 aliphatic heterocycles. The van der Waals surface area contributed by atoms with Gasteiger partial charge in [-0.2, -0.15) is 0 Å². The Kier molecular flexibility index (Phi) is 4.65. The van der Waals surface area contributed by atoms with Crippen LogP contribution in [0.3, 0.4) is 0 Å². The topological polar surface area (TPSA) is 62.0 Å². The molecule has 128 valence electrons. The van der Waals surface area contributed by atoms with Crippen LogP contribution in [0.15, 0.2) is 47.3 Å². The molecular weight excluding hydrogens is 319 g/mol. The average Bonchev–Trinajstić information content (AvgIpc) is 2.56. The van der Waals surface area contributed by atoms with Gasteiger partial charge in [-0.25, -0.2) is 4.39 Å². The molecule has 0 spiro atoms. The second kappa shape index (κ2) is 6.89. The minimum atomic E-state index is -0.336. The van der Waals surface area contributed by atoms with Gasteiger partial charge in [0, 0.05) is 12.1 Å². The predicted octanol–water partition coefficient (Wildman–Crippen LogP) is 3.14. The van der Waals surface area contributed by atoms with E-state index in [2.05, 4.69) is 10.3 Å². The molecule has 0 fully saturated rings. The molecule has 1 amide bonds. The van der Waals surface area contributed by atoms with Crippen LogP contribution in [0.2, 0.25) is 0 Å². The van der Waals surface area contributed by atoms with Crippen molar-refractivity contribution in [1.29, 1.82) is 0 Å². The van der Waals surface area contributed by atoms with Crippen LogP contribution >= 0.6 is 0 Å². The molecule has 4 nitrogen and oxygen atoms in total. The highest BCUT2D eigenvalue weighted by atomic mass is 19.1. The molecule has 0 saturated heterocycles. The Morgan fingerprint density at radius 2 is 1.84 bits per heavy atom. The number of fused-ring (bicyclic) bond motifs is 1. The van der Waals surface area contributed by atoms with Gasteiger partial charge >= 0.3 is 0 Å². The number of aromatic amines is 1. The Bertz CT molecular complexity index is 991. The van der Waals surface area contributed by atoms with Crippen LogP contribution in [-0.4, -0.2) is 10.9 Å². The number of halogens is 1. The fraction of sp³-hybridized carbons (Fsp3) is 0.200. The monoisotopic (exact) mass is 338 g/mol. The Morgan fingerprint density at radius 3 is 2.56 bits per heavy atom. The smallest absolute Gasteiger partial charge is 0.253 e. The van der Waals surface area contributed by atoms with Crippen molar-refractivity contribution in [3.63, 3.8) is 0 Å². The number of nitrogens with one attached hydrogen (secondary N) is 2. The Labute approximate surface area is 144 Å². The lowest BCUT2D eigenvalue weighted by Gasteiger charge is -2.08. The maximum atomic E-state index is 12.9. The quantitative estimate of drug-likeness (QED) is 0.768. The lowest BCUT2D eigenvalue weighted by Crippen LogP contribution is -2.28. The molecule has 0 aliphatic rings. The minimum absolute atomic E-state index is 0.143. The van der Waals surface area contributed by atoms with Crippen molar-refractivity contribution < 1.29 is 9.18 Å². The van der Waals surface area contributed by atoms with Crippen molar-refractivity contribution in [1.82, 2.24) is 10.3 Å². The normalized spacial score (nSPS) is 10.8. The van der Waals surface area contributed by atoms with Gasteiger partial charge in [-0.3, -0.25) is 9.59 Å². The van der Waals surface area contributed by atoms with E-state index in [-0.39, 0.29) is 30.2 Å². The second-order valence-electron chi connectivity index (χ2n) is 6.25. The summed E-state index contributed by atoms with van der Waals surface area (Å²) in [6.07, 6.45) is 0.143. The average molecular weight is 338 g/mol. The summed E-state index contributed by atoms with van der Waals surface area (Å²) < 4.78 is 12.9. The van der Waals surface area contributed by atoms with Gasteiger partial charge < -0.3 is 10.3 Å². The summed E-state index contributed by atoms with van der Waals surface area (Å²) in [5.74, 6) is -0.552. The first-order valence-corrected chi connectivity index (χ1v) is 8.06. The van der Waals surface area contributed by atoms with Gasteiger partial charge in [0.15, 0.2) is 0 Å². The minimum Gasteiger partial charge on any atom is -0.352 e. The van der Waals surface area contributed by atoms with Crippen LogP contribution in [0.1, 0.15) is 22.3 Å². The molecule has 2 N–H and O–H groups in total. The lowest BCUT2D eigenvalue weighted by atomic mass is 10.1. The number of aromatic nitrogens is 1. The summed E-state index contributed by atoms with van der Waals surface area (Å²) in [6, 6.07) is 11.6. The Hall–Kier alpha value is -2.95. The van der Waals surface area contributed by atoms with Crippen LogP contribution < -0.4 is 10.9 Å². The number of benzene rings is 2. The fourth-order valence-electron chi connectivity index (χ4n) is 2.91. The summed E-state index contributed by atoms with van der Waals surface area (Å²) in [4.78, 5) is 27.2. The molecule has 25 heavy (non-hydrogen) atoms. The Balaban J connectivity index is 1.74. The van der Waals surface area contributed by atoms with Crippen LogP contribution in [0.5, 0.6) is 0 Å². The van der Waals surface area contributed by atoms with Gasteiger partial charge in [-0.15, -0.1) is 0 Å². The molecule has 3 rings (SSSR count). The zero-order chi connectivity index (χ0) is 18.0. The molecule has 3 aromatic rings. The first-order chi connectivity index (χ1) is 11.9. The van der Waals surface area contributed by atoms with E-state index in [1.54, 1.807) is 12.1 Å². The number of rotatable bonds is 4. The van der Waals surface area contributed by atoms with E-state index in [1.807, 2.05) is 32.0 Å². The van der Waals surface area contributed by atoms with Gasteiger partial charge in [-0.05, 0) is 54.6 Å². The van der Waals surface area contributed by atoms with Gasteiger partial charge in [0.25, 0.3) is 5.56 Å². The van der Waals surface area contributed by atoms with E-state index < -0.39 is 0 Å². The van der Waals surface area contributed by atoms with E-state index in [0.717, 1.165) is 27.6 Å². The number of amides is 1. The molecule has 5 heteroatoms. The second-order valence-corrected chi connectivity index (χ2v) is 6.25. The molecule has 0 bridgehead atoms. The van der Waals surface area contributed by atoms with Crippen molar-refractivity contribution in [2.24, 2.45) is 0 Å². The summed E-state index contributed by atoms with van der Waals surface area (Å²) in [7, 11) is 0. The third kappa shape index (κ3) is 3.94. The zero-order valence-electron chi connectivity index (χ0n) is 14.2. The molecular formula is C20H19FN2O2. The van der Waals surface area contributed by atoms with E-state index >= 15 is 0 Å². The number of aryl methyl sites for hydroxylation is 2. The molecule has 0 radical (unpaired) electrons. The number of hydrogen-bond donors (Lipinski definition) is 2. The van der Waals surface area contributed by atoms with Crippen LogP contribution in [0.4, 0.5) is 4.39 Å². The standard InChI is InChI=1S/C20H19FN2O2/c1-12-7-13(2)19-15(8-12)10-16(20(25)23-19)11-22-18(24)9-14-3-5-17(21)6-4-14/h3-8,10H,9,11H2,1-2H3,(H,22,24)(H,23,25). The summed E-state index contributed by atoms with van der Waals surface area (Å²) in [6.45, 7) is 4.11. The van der Waals surface area contributed by atoms with Crippen molar-refractivity contribution in [2.75, 3.05) is 0 Å². The lowest BCUT2D eigenvalue weighted by molar-refractivity contribution is -0.120. The van der Waals surface area contributed by atoms with Crippen molar-refractivity contribution >= 4 is 16.8 Å². The first-order valence-electron chi connectivity index (χ1n) is 8.06. The Morgan fingerprint density at radius 1 is 1.12 bits per heavy atom. The van der Waals surface area contributed by atoms with Crippen LogP contribution in [0.25, 0.3) is 10.9 Å². The largest absolute Gasteiger partial charge is 0.352 e. The maximum Gasteiger partial charge on any atom is 0.253 e. The number of carbonyl (C=O) groups is 1. The summed E-state index contributed by atoms with van der Waals surface area (Å²) in [5, 5.41) is 3.69. The van der Waals surface area contributed by atoms with Crippen molar-refractivity contribution in [3.8, 4) is 0 Å². The van der Waals surface area contributed by atoms with Gasteiger partial charge in [0.05, 0.1) is 11.9 Å². The van der Waals surface area contributed by atoms with Gasteiger partial charge in [0.1, 0.15) is 5.82 Å². The molecule has 2 aromatic carbocycles. The summed E-state index contributed by atoms with van der Waals surface area (Å²) in [5.41, 5.74) is 3.96. The van der Waals surface area contributed by atoms with E-state index in [4.69, 9.17) is 0 Å². The molecule has 0 saturated carbocycles. The van der Waals surface area contributed by atoms with Crippen molar-refractivity contribution in [2.45, 2.75) is 26.8 Å². The molecule has 1 heterocycles.